The third-order valence-corrected chi connectivity index (χ3v) is 3.36. The number of nitro benzene ring substituents is 1. The van der Waals surface area contributed by atoms with E-state index in [1.807, 2.05) is 0 Å². The van der Waals surface area contributed by atoms with Crippen molar-refractivity contribution in [2.45, 2.75) is 6.61 Å². The van der Waals surface area contributed by atoms with E-state index < -0.39 is 4.92 Å². The maximum atomic E-state index is 12.9. The summed E-state index contributed by atoms with van der Waals surface area (Å²) < 4.78 is 18.5. The van der Waals surface area contributed by atoms with E-state index in [9.17, 15) is 14.5 Å². The van der Waals surface area contributed by atoms with Crippen LogP contribution in [0.5, 0.6) is 0 Å². The standard InChI is InChI=1S/C18H13FN2O4/c19-15-6-4-14(5-7-15)18-9-8-17(25-18)11-20-24-12-13-2-1-3-16(10-13)21(22)23/h1-11H,12H2/b20-11-. The van der Waals surface area contributed by atoms with E-state index in [1.165, 1.54) is 30.5 Å². The second kappa shape index (κ2) is 7.39. The van der Waals surface area contributed by atoms with Crippen LogP contribution < -0.4 is 0 Å². The summed E-state index contributed by atoms with van der Waals surface area (Å²) in [7, 11) is 0. The Labute approximate surface area is 142 Å². The van der Waals surface area contributed by atoms with Gasteiger partial charge in [0.2, 0.25) is 0 Å². The molecular weight excluding hydrogens is 327 g/mol. The minimum atomic E-state index is -0.466. The van der Waals surface area contributed by atoms with Gasteiger partial charge in [0.1, 0.15) is 30.2 Å². The molecule has 0 N–H and O–H groups in total. The molecule has 0 bridgehead atoms. The lowest BCUT2D eigenvalue weighted by Gasteiger charge is -1.99. The SMILES string of the molecule is O=[N+]([O-])c1cccc(CO/N=C\c2ccc(-c3ccc(F)cc3)o2)c1. The van der Waals surface area contributed by atoms with E-state index in [0.717, 1.165) is 5.56 Å². The molecule has 3 aromatic rings. The number of non-ortho nitro benzene ring substituents is 1. The average molecular weight is 340 g/mol. The van der Waals surface area contributed by atoms with Crippen molar-refractivity contribution >= 4 is 11.9 Å². The Kier molecular flexibility index (Phi) is 4.84. The molecule has 0 aliphatic rings. The van der Waals surface area contributed by atoms with Crippen molar-refractivity contribution in [2.75, 3.05) is 0 Å². The molecule has 3 rings (SSSR count). The molecule has 0 radical (unpaired) electrons. The van der Waals surface area contributed by atoms with Crippen molar-refractivity contribution in [3.05, 3.63) is 87.9 Å². The van der Waals surface area contributed by atoms with Crippen molar-refractivity contribution in [3.8, 4) is 11.3 Å². The van der Waals surface area contributed by atoms with Crippen molar-refractivity contribution < 1.29 is 18.6 Å². The molecule has 0 saturated heterocycles. The number of furan rings is 1. The van der Waals surface area contributed by atoms with Crippen molar-refractivity contribution in [3.63, 3.8) is 0 Å². The van der Waals surface area contributed by atoms with E-state index in [-0.39, 0.29) is 18.1 Å². The summed E-state index contributed by atoms with van der Waals surface area (Å²) in [6, 6.07) is 15.5. The Morgan fingerprint density at radius 1 is 1.16 bits per heavy atom. The van der Waals surface area contributed by atoms with E-state index >= 15 is 0 Å². The molecule has 0 fully saturated rings. The summed E-state index contributed by atoms with van der Waals surface area (Å²) in [5.41, 5.74) is 1.39. The minimum Gasteiger partial charge on any atom is -0.455 e. The number of hydrogen-bond acceptors (Lipinski definition) is 5. The third kappa shape index (κ3) is 4.29. The average Bonchev–Trinajstić information content (AvgIpc) is 3.08. The number of nitro groups is 1. The van der Waals surface area contributed by atoms with E-state index in [1.54, 1.807) is 36.4 Å². The highest BCUT2D eigenvalue weighted by Crippen LogP contribution is 2.21. The van der Waals surface area contributed by atoms with E-state index in [2.05, 4.69) is 5.16 Å². The highest BCUT2D eigenvalue weighted by Gasteiger charge is 2.06. The molecule has 0 spiro atoms. The molecule has 2 aromatic carbocycles. The number of oxime groups is 1. The lowest BCUT2D eigenvalue weighted by atomic mass is 10.2. The normalized spacial score (nSPS) is 10.9. The second-order valence-electron chi connectivity index (χ2n) is 5.14. The molecule has 126 valence electrons. The molecule has 0 saturated carbocycles. The fourth-order valence-corrected chi connectivity index (χ4v) is 2.15. The van der Waals surface area contributed by atoms with Gasteiger partial charge in [0, 0.05) is 17.7 Å². The van der Waals surface area contributed by atoms with Crippen LogP contribution in [0.4, 0.5) is 10.1 Å². The van der Waals surface area contributed by atoms with Gasteiger partial charge in [0.25, 0.3) is 5.69 Å². The first-order valence-corrected chi connectivity index (χ1v) is 7.36. The van der Waals surface area contributed by atoms with Crippen LogP contribution in [0.1, 0.15) is 11.3 Å². The topological polar surface area (TPSA) is 77.9 Å². The van der Waals surface area contributed by atoms with Crippen molar-refractivity contribution in [1.82, 2.24) is 0 Å². The number of benzene rings is 2. The quantitative estimate of drug-likeness (QED) is 0.375. The zero-order chi connectivity index (χ0) is 17.6. The monoisotopic (exact) mass is 340 g/mol. The van der Waals surface area contributed by atoms with Gasteiger partial charge in [-0.05, 0) is 42.0 Å². The maximum absolute atomic E-state index is 12.9. The van der Waals surface area contributed by atoms with Gasteiger partial charge in [0.15, 0.2) is 0 Å². The summed E-state index contributed by atoms with van der Waals surface area (Å²) in [6.07, 6.45) is 1.39. The zero-order valence-corrected chi connectivity index (χ0v) is 13.0. The van der Waals surface area contributed by atoms with Gasteiger partial charge in [0.05, 0.1) is 4.92 Å². The lowest BCUT2D eigenvalue weighted by molar-refractivity contribution is -0.384. The van der Waals surface area contributed by atoms with Crippen LogP contribution in [0.15, 0.2) is 70.2 Å². The minimum absolute atomic E-state index is 0.0000498. The second-order valence-corrected chi connectivity index (χ2v) is 5.14. The number of halogens is 1. The molecule has 6 nitrogen and oxygen atoms in total. The molecule has 0 atom stereocenters. The van der Waals surface area contributed by atoms with Gasteiger partial charge >= 0.3 is 0 Å². The fraction of sp³-hybridized carbons (Fsp3) is 0.0556. The first kappa shape index (κ1) is 16.4. The van der Waals surface area contributed by atoms with Crippen molar-refractivity contribution in [2.24, 2.45) is 5.16 Å². The molecule has 0 unspecified atom stereocenters. The first-order chi connectivity index (χ1) is 12.1. The molecule has 7 heteroatoms. The van der Waals surface area contributed by atoms with Crippen LogP contribution in [0.3, 0.4) is 0 Å². The highest BCUT2D eigenvalue weighted by atomic mass is 19.1. The Morgan fingerprint density at radius 3 is 2.72 bits per heavy atom. The Bertz CT molecular complexity index is 903. The van der Waals surface area contributed by atoms with E-state index in [4.69, 9.17) is 9.25 Å². The van der Waals surface area contributed by atoms with Gasteiger partial charge in [-0.2, -0.15) is 0 Å². The maximum Gasteiger partial charge on any atom is 0.269 e. The van der Waals surface area contributed by atoms with Gasteiger partial charge in [-0.1, -0.05) is 17.3 Å². The van der Waals surface area contributed by atoms with Gasteiger partial charge < -0.3 is 9.25 Å². The largest absolute Gasteiger partial charge is 0.455 e. The zero-order valence-electron chi connectivity index (χ0n) is 13.0. The van der Waals surface area contributed by atoms with E-state index in [0.29, 0.717) is 17.1 Å². The molecule has 25 heavy (non-hydrogen) atoms. The van der Waals surface area contributed by atoms with Gasteiger partial charge in [-0.25, -0.2) is 4.39 Å². The third-order valence-electron chi connectivity index (χ3n) is 3.36. The van der Waals surface area contributed by atoms with Crippen LogP contribution in [-0.4, -0.2) is 11.1 Å². The fourth-order valence-electron chi connectivity index (χ4n) is 2.15. The molecule has 1 heterocycles. The summed E-state index contributed by atoms with van der Waals surface area (Å²) >= 11 is 0. The van der Waals surface area contributed by atoms with Crippen LogP contribution in [0, 0.1) is 15.9 Å². The summed E-state index contributed by atoms with van der Waals surface area (Å²) in [5.74, 6) is 0.741. The summed E-state index contributed by atoms with van der Waals surface area (Å²) in [6.45, 7) is 0.101. The first-order valence-electron chi connectivity index (χ1n) is 7.36. The Hall–Kier alpha value is -3.48. The number of hydrogen-bond donors (Lipinski definition) is 0. The summed E-state index contributed by atoms with van der Waals surface area (Å²) in [4.78, 5) is 15.4. The van der Waals surface area contributed by atoms with Gasteiger partial charge in [-0.3, -0.25) is 10.1 Å². The van der Waals surface area contributed by atoms with Gasteiger partial charge in [-0.15, -0.1) is 0 Å². The summed E-state index contributed by atoms with van der Waals surface area (Å²) in [5, 5.41) is 14.5. The number of rotatable bonds is 6. The predicted octanol–water partition coefficient (Wildman–Crippen LogP) is 4.54. The molecule has 0 amide bonds. The van der Waals surface area contributed by atoms with Crippen LogP contribution >= 0.6 is 0 Å². The lowest BCUT2D eigenvalue weighted by Crippen LogP contribution is -1.92. The van der Waals surface area contributed by atoms with Crippen LogP contribution in [0.25, 0.3) is 11.3 Å². The molecule has 1 aromatic heterocycles. The molecule has 0 aliphatic heterocycles. The Balaban J connectivity index is 1.59. The molecule has 0 aliphatic carbocycles. The van der Waals surface area contributed by atoms with Crippen LogP contribution in [0.2, 0.25) is 0 Å². The molecular formula is C18H13FN2O4. The predicted molar refractivity (Wildman–Crippen MR) is 89.6 cm³/mol. The smallest absolute Gasteiger partial charge is 0.269 e. The highest BCUT2D eigenvalue weighted by molar-refractivity contribution is 5.76. The van der Waals surface area contributed by atoms with Crippen LogP contribution in [-0.2, 0) is 11.4 Å². The Morgan fingerprint density at radius 2 is 1.96 bits per heavy atom. The number of nitrogens with zero attached hydrogens (tertiary/aromatic N) is 2. The van der Waals surface area contributed by atoms with Crippen molar-refractivity contribution in [1.29, 1.82) is 0 Å².